The molecule has 128 valence electrons. The lowest BCUT2D eigenvalue weighted by molar-refractivity contribution is -0.385. The van der Waals surface area contributed by atoms with E-state index in [-0.39, 0.29) is 15.6 Å². The molecule has 1 heterocycles. The number of hydrogen-bond acceptors (Lipinski definition) is 7. The SMILES string of the molecule is Cc1cc(OC(=O)CN(C)S(=O)(=O)c2cccs2)ccc1[N+](=O)[O-]. The Hall–Kier alpha value is -2.30. The van der Waals surface area contributed by atoms with Crippen molar-refractivity contribution in [3.63, 3.8) is 0 Å². The first-order valence-electron chi connectivity index (χ1n) is 6.67. The Labute approximate surface area is 142 Å². The Balaban J connectivity index is 2.06. The number of hydrogen-bond donors (Lipinski definition) is 0. The summed E-state index contributed by atoms with van der Waals surface area (Å²) in [5, 5.41) is 12.4. The molecule has 0 saturated heterocycles. The van der Waals surface area contributed by atoms with Gasteiger partial charge in [-0.15, -0.1) is 11.3 Å². The van der Waals surface area contributed by atoms with Crippen molar-refractivity contribution in [3.05, 3.63) is 51.4 Å². The molecule has 10 heteroatoms. The normalized spacial score (nSPS) is 11.5. The minimum Gasteiger partial charge on any atom is -0.426 e. The number of carbonyl (C=O) groups excluding carboxylic acids is 1. The van der Waals surface area contributed by atoms with Gasteiger partial charge in [-0.1, -0.05) is 6.07 Å². The fourth-order valence-electron chi connectivity index (χ4n) is 1.89. The minimum atomic E-state index is -3.75. The van der Waals surface area contributed by atoms with Crippen LogP contribution in [0, 0.1) is 17.0 Å². The van der Waals surface area contributed by atoms with Crippen LogP contribution in [0.25, 0.3) is 0 Å². The maximum atomic E-state index is 12.2. The molecule has 0 bridgehead atoms. The fourth-order valence-corrected chi connectivity index (χ4v) is 4.21. The largest absolute Gasteiger partial charge is 0.426 e. The van der Waals surface area contributed by atoms with Gasteiger partial charge in [0, 0.05) is 18.7 Å². The van der Waals surface area contributed by atoms with Crippen LogP contribution in [0.1, 0.15) is 5.56 Å². The van der Waals surface area contributed by atoms with Crippen molar-refractivity contribution in [2.24, 2.45) is 0 Å². The van der Waals surface area contributed by atoms with E-state index in [1.807, 2.05) is 0 Å². The zero-order chi connectivity index (χ0) is 17.9. The summed E-state index contributed by atoms with van der Waals surface area (Å²) in [4.78, 5) is 22.1. The van der Waals surface area contributed by atoms with Crippen LogP contribution in [0.3, 0.4) is 0 Å². The quantitative estimate of drug-likeness (QED) is 0.334. The zero-order valence-corrected chi connectivity index (χ0v) is 14.5. The van der Waals surface area contributed by atoms with Crippen LogP contribution in [0.4, 0.5) is 5.69 Å². The predicted molar refractivity (Wildman–Crippen MR) is 87.6 cm³/mol. The average molecular weight is 370 g/mol. The molecule has 0 radical (unpaired) electrons. The van der Waals surface area contributed by atoms with Crippen molar-refractivity contribution in [1.29, 1.82) is 0 Å². The van der Waals surface area contributed by atoms with Crippen LogP contribution in [-0.4, -0.2) is 37.2 Å². The van der Waals surface area contributed by atoms with Crippen molar-refractivity contribution in [3.8, 4) is 5.75 Å². The molecule has 2 aromatic rings. The highest BCUT2D eigenvalue weighted by Crippen LogP contribution is 2.23. The van der Waals surface area contributed by atoms with E-state index >= 15 is 0 Å². The molecular weight excluding hydrogens is 356 g/mol. The first-order chi connectivity index (χ1) is 11.2. The maximum Gasteiger partial charge on any atom is 0.326 e. The lowest BCUT2D eigenvalue weighted by atomic mass is 10.2. The van der Waals surface area contributed by atoms with Gasteiger partial charge in [-0.05, 0) is 30.5 Å². The standard InChI is InChI=1S/C14H14N2O6S2/c1-10-8-11(5-6-12(10)16(18)19)22-13(17)9-15(2)24(20,21)14-4-3-7-23-14/h3-8H,9H2,1-2H3. The summed E-state index contributed by atoms with van der Waals surface area (Å²) >= 11 is 1.05. The topological polar surface area (TPSA) is 107 Å². The number of ether oxygens (including phenoxy) is 1. The highest BCUT2D eigenvalue weighted by molar-refractivity contribution is 7.91. The molecule has 0 atom stereocenters. The number of thiophene rings is 1. The van der Waals surface area contributed by atoms with Gasteiger partial charge in [0.25, 0.3) is 15.7 Å². The van der Waals surface area contributed by atoms with Crippen molar-refractivity contribution in [2.75, 3.05) is 13.6 Å². The predicted octanol–water partition coefficient (Wildman–Crippen LogP) is 2.19. The molecule has 0 fully saturated rings. The van der Waals surface area contributed by atoms with Gasteiger partial charge in [0.2, 0.25) is 0 Å². The van der Waals surface area contributed by atoms with Crippen LogP contribution in [-0.2, 0) is 14.8 Å². The number of benzene rings is 1. The molecule has 0 aliphatic heterocycles. The molecule has 1 aromatic heterocycles. The van der Waals surface area contributed by atoms with E-state index in [4.69, 9.17) is 4.74 Å². The Morgan fingerprint density at radius 2 is 2.08 bits per heavy atom. The molecule has 0 aliphatic carbocycles. The first-order valence-corrected chi connectivity index (χ1v) is 8.99. The van der Waals surface area contributed by atoms with E-state index in [2.05, 4.69) is 0 Å². The molecule has 0 aliphatic rings. The van der Waals surface area contributed by atoms with E-state index in [0.717, 1.165) is 15.6 Å². The van der Waals surface area contributed by atoms with E-state index < -0.39 is 27.5 Å². The molecule has 24 heavy (non-hydrogen) atoms. The molecule has 0 amide bonds. The Morgan fingerprint density at radius 3 is 2.62 bits per heavy atom. The second-order valence-corrected chi connectivity index (χ2v) is 8.09. The fraction of sp³-hybridized carbons (Fsp3) is 0.214. The van der Waals surface area contributed by atoms with Gasteiger partial charge in [0.15, 0.2) is 0 Å². The lowest BCUT2D eigenvalue weighted by Gasteiger charge is -2.15. The summed E-state index contributed by atoms with van der Waals surface area (Å²) in [6, 6.07) is 6.91. The monoisotopic (exact) mass is 370 g/mol. The Kier molecular flexibility index (Phi) is 5.32. The van der Waals surface area contributed by atoms with Crippen LogP contribution < -0.4 is 4.74 Å². The van der Waals surface area contributed by atoms with Crippen molar-refractivity contribution >= 4 is 33.0 Å². The Morgan fingerprint density at radius 1 is 1.38 bits per heavy atom. The van der Waals surface area contributed by atoms with Gasteiger partial charge in [-0.2, -0.15) is 4.31 Å². The molecule has 1 aromatic carbocycles. The smallest absolute Gasteiger partial charge is 0.326 e. The Bertz CT molecular complexity index is 861. The third-order valence-corrected chi connectivity index (χ3v) is 6.28. The minimum absolute atomic E-state index is 0.0906. The third-order valence-electron chi connectivity index (χ3n) is 3.11. The molecule has 2 rings (SSSR count). The summed E-state index contributed by atoms with van der Waals surface area (Å²) in [6.45, 7) is 1.04. The van der Waals surface area contributed by atoms with Gasteiger partial charge >= 0.3 is 5.97 Å². The van der Waals surface area contributed by atoms with Crippen LogP contribution in [0.5, 0.6) is 5.75 Å². The molecule has 8 nitrogen and oxygen atoms in total. The number of sulfonamides is 1. The zero-order valence-electron chi connectivity index (χ0n) is 12.8. The molecule has 0 unspecified atom stereocenters. The summed E-state index contributed by atoms with van der Waals surface area (Å²) < 4.78 is 30.5. The maximum absolute atomic E-state index is 12.2. The van der Waals surface area contributed by atoms with E-state index in [0.29, 0.717) is 5.56 Å². The second-order valence-electron chi connectivity index (χ2n) is 4.87. The highest BCUT2D eigenvalue weighted by Gasteiger charge is 2.24. The molecule has 0 spiro atoms. The summed E-state index contributed by atoms with van der Waals surface area (Å²) in [5.41, 5.74) is 0.247. The van der Waals surface area contributed by atoms with E-state index in [9.17, 15) is 23.3 Å². The van der Waals surface area contributed by atoms with Crippen LogP contribution >= 0.6 is 11.3 Å². The number of nitrogens with zero attached hydrogens (tertiary/aromatic N) is 2. The lowest BCUT2D eigenvalue weighted by Crippen LogP contribution is -2.33. The average Bonchev–Trinajstić information content (AvgIpc) is 3.01. The third kappa shape index (κ3) is 3.96. The molecular formula is C14H14N2O6S2. The molecule has 0 N–H and O–H groups in total. The summed E-state index contributed by atoms with van der Waals surface area (Å²) in [5.74, 6) is -0.670. The van der Waals surface area contributed by atoms with Gasteiger partial charge in [-0.3, -0.25) is 14.9 Å². The first kappa shape index (κ1) is 18.0. The van der Waals surface area contributed by atoms with E-state index in [1.54, 1.807) is 11.4 Å². The number of esters is 1. The number of nitro benzene ring substituents is 1. The number of rotatable bonds is 6. The van der Waals surface area contributed by atoms with Crippen molar-refractivity contribution in [2.45, 2.75) is 11.1 Å². The molecule has 0 saturated carbocycles. The second kappa shape index (κ2) is 7.07. The van der Waals surface area contributed by atoms with Gasteiger partial charge in [-0.25, -0.2) is 8.42 Å². The van der Waals surface area contributed by atoms with Crippen molar-refractivity contribution < 1.29 is 22.9 Å². The summed E-state index contributed by atoms with van der Waals surface area (Å²) in [6.07, 6.45) is 0. The highest BCUT2D eigenvalue weighted by atomic mass is 32.2. The van der Waals surface area contributed by atoms with Crippen molar-refractivity contribution in [1.82, 2.24) is 4.31 Å². The number of carbonyl (C=O) groups is 1. The van der Waals surface area contributed by atoms with Crippen LogP contribution in [0.15, 0.2) is 39.9 Å². The van der Waals surface area contributed by atoms with E-state index in [1.165, 1.54) is 38.2 Å². The number of likely N-dealkylation sites (N-methyl/N-ethyl adjacent to an activating group) is 1. The number of aryl methyl sites for hydroxylation is 1. The van der Waals surface area contributed by atoms with Gasteiger partial charge in [0.1, 0.15) is 16.5 Å². The van der Waals surface area contributed by atoms with Crippen LogP contribution in [0.2, 0.25) is 0 Å². The number of nitro groups is 1. The van der Waals surface area contributed by atoms with Gasteiger partial charge in [0.05, 0.1) is 4.92 Å². The van der Waals surface area contributed by atoms with Gasteiger partial charge < -0.3 is 4.74 Å². The summed E-state index contributed by atoms with van der Waals surface area (Å²) in [7, 11) is -2.47.